The molecule has 120 valence electrons. The molecule has 1 rings (SSSR count). The molecule has 1 aliphatic rings. The van der Waals surface area contributed by atoms with Crippen molar-refractivity contribution in [1.82, 2.24) is 5.32 Å². The van der Waals surface area contributed by atoms with Crippen LogP contribution in [0.1, 0.15) is 64.7 Å². The molecule has 1 N–H and O–H groups in total. The van der Waals surface area contributed by atoms with Gasteiger partial charge in [0.25, 0.3) is 0 Å². The first-order valence-corrected chi connectivity index (χ1v) is 8.69. The van der Waals surface area contributed by atoms with Gasteiger partial charge in [-0.2, -0.15) is 0 Å². The van der Waals surface area contributed by atoms with E-state index in [0.29, 0.717) is 12.0 Å². The molecule has 0 bridgehead atoms. The van der Waals surface area contributed by atoms with Crippen molar-refractivity contribution in [3.05, 3.63) is 0 Å². The van der Waals surface area contributed by atoms with E-state index in [1.165, 1.54) is 57.8 Å². The Morgan fingerprint density at radius 3 is 2.60 bits per heavy atom. The summed E-state index contributed by atoms with van der Waals surface area (Å²) in [5.74, 6) is 0.715. The predicted molar refractivity (Wildman–Crippen MR) is 85.2 cm³/mol. The summed E-state index contributed by atoms with van der Waals surface area (Å²) in [6.45, 7) is 6.08. The van der Waals surface area contributed by atoms with E-state index >= 15 is 0 Å². The van der Waals surface area contributed by atoms with Crippen LogP contribution in [-0.2, 0) is 9.47 Å². The van der Waals surface area contributed by atoms with Crippen LogP contribution in [0.15, 0.2) is 0 Å². The SMILES string of the molecule is CCCCCCCCCC1OCCC1CNCCOC. The monoisotopic (exact) mass is 285 g/mol. The number of hydrogen-bond acceptors (Lipinski definition) is 3. The molecule has 0 aromatic carbocycles. The highest BCUT2D eigenvalue weighted by Gasteiger charge is 2.27. The Bertz CT molecular complexity index is 211. The van der Waals surface area contributed by atoms with Crippen molar-refractivity contribution in [3.8, 4) is 0 Å². The largest absolute Gasteiger partial charge is 0.383 e. The molecular formula is C17H35NO2. The summed E-state index contributed by atoms with van der Waals surface area (Å²) >= 11 is 0. The average Bonchev–Trinajstić information content (AvgIpc) is 2.90. The van der Waals surface area contributed by atoms with Gasteiger partial charge >= 0.3 is 0 Å². The van der Waals surface area contributed by atoms with Gasteiger partial charge in [-0.1, -0.05) is 51.9 Å². The quantitative estimate of drug-likeness (QED) is 0.523. The van der Waals surface area contributed by atoms with Gasteiger partial charge in [0.15, 0.2) is 0 Å². The van der Waals surface area contributed by atoms with Crippen LogP contribution in [0.25, 0.3) is 0 Å². The highest BCUT2D eigenvalue weighted by atomic mass is 16.5. The van der Waals surface area contributed by atoms with E-state index in [2.05, 4.69) is 12.2 Å². The second-order valence-electron chi connectivity index (χ2n) is 6.06. The van der Waals surface area contributed by atoms with E-state index in [0.717, 1.165) is 26.3 Å². The van der Waals surface area contributed by atoms with Gasteiger partial charge in [0, 0.05) is 26.8 Å². The minimum atomic E-state index is 0.501. The van der Waals surface area contributed by atoms with Crippen LogP contribution >= 0.6 is 0 Å². The maximum atomic E-state index is 5.90. The molecule has 2 unspecified atom stereocenters. The fourth-order valence-corrected chi connectivity index (χ4v) is 3.01. The number of hydrogen-bond donors (Lipinski definition) is 1. The topological polar surface area (TPSA) is 30.5 Å². The Balaban J connectivity index is 1.97. The Morgan fingerprint density at radius 2 is 1.85 bits per heavy atom. The Labute approximate surface area is 125 Å². The van der Waals surface area contributed by atoms with Crippen molar-refractivity contribution in [2.75, 3.05) is 33.4 Å². The molecule has 3 nitrogen and oxygen atoms in total. The Kier molecular flexibility index (Phi) is 11.3. The lowest BCUT2D eigenvalue weighted by atomic mass is 9.96. The van der Waals surface area contributed by atoms with E-state index < -0.39 is 0 Å². The normalized spacial score (nSPS) is 22.5. The summed E-state index contributed by atoms with van der Waals surface area (Å²) in [4.78, 5) is 0. The zero-order valence-electron chi connectivity index (χ0n) is 13.7. The van der Waals surface area contributed by atoms with Gasteiger partial charge in [-0.25, -0.2) is 0 Å². The first-order chi connectivity index (χ1) is 9.88. The standard InChI is InChI=1S/C17H35NO2/c1-3-4-5-6-7-8-9-10-17-16(11-13-20-17)15-18-12-14-19-2/h16-18H,3-15H2,1-2H3. The molecule has 3 heteroatoms. The summed E-state index contributed by atoms with van der Waals surface area (Å²) in [5, 5.41) is 3.48. The van der Waals surface area contributed by atoms with E-state index in [1.54, 1.807) is 7.11 Å². The molecular weight excluding hydrogens is 250 g/mol. The molecule has 1 heterocycles. The summed E-state index contributed by atoms with van der Waals surface area (Å²) < 4.78 is 11.0. The van der Waals surface area contributed by atoms with Crippen molar-refractivity contribution < 1.29 is 9.47 Å². The third-order valence-electron chi connectivity index (χ3n) is 4.33. The lowest BCUT2D eigenvalue weighted by molar-refractivity contribution is 0.0803. The zero-order chi connectivity index (χ0) is 14.5. The van der Waals surface area contributed by atoms with Crippen LogP contribution in [0.5, 0.6) is 0 Å². The summed E-state index contributed by atoms with van der Waals surface area (Å²) in [6.07, 6.45) is 12.7. The van der Waals surface area contributed by atoms with Crippen molar-refractivity contribution in [2.45, 2.75) is 70.8 Å². The molecule has 0 aromatic rings. The van der Waals surface area contributed by atoms with Crippen LogP contribution < -0.4 is 5.32 Å². The van der Waals surface area contributed by atoms with Crippen molar-refractivity contribution >= 4 is 0 Å². The molecule has 0 spiro atoms. The van der Waals surface area contributed by atoms with Crippen LogP contribution in [0, 0.1) is 5.92 Å². The third-order valence-corrected chi connectivity index (χ3v) is 4.33. The minimum absolute atomic E-state index is 0.501. The number of nitrogens with one attached hydrogen (secondary N) is 1. The van der Waals surface area contributed by atoms with Crippen molar-refractivity contribution in [3.63, 3.8) is 0 Å². The van der Waals surface area contributed by atoms with E-state index in [4.69, 9.17) is 9.47 Å². The molecule has 2 atom stereocenters. The highest BCUT2D eigenvalue weighted by Crippen LogP contribution is 2.25. The fraction of sp³-hybridized carbons (Fsp3) is 1.00. The average molecular weight is 285 g/mol. The van der Waals surface area contributed by atoms with E-state index in [1.807, 2.05) is 0 Å². The maximum Gasteiger partial charge on any atom is 0.0616 e. The fourth-order valence-electron chi connectivity index (χ4n) is 3.01. The lowest BCUT2D eigenvalue weighted by Crippen LogP contribution is -2.30. The smallest absolute Gasteiger partial charge is 0.0616 e. The third kappa shape index (κ3) is 8.23. The van der Waals surface area contributed by atoms with Gasteiger partial charge in [-0.15, -0.1) is 0 Å². The van der Waals surface area contributed by atoms with Crippen LogP contribution in [0.2, 0.25) is 0 Å². The molecule has 20 heavy (non-hydrogen) atoms. The van der Waals surface area contributed by atoms with Gasteiger partial charge in [0.05, 0.1) is 12.7 Å². The number of rotatable bonds is 13. The maximum absolute atomic E-state index is 5.90. The van der Waals surface area contributed by atoms with Gasteiger partial charge in [0.2, 0.25) is 0 Å². The summed E-state index contributed by atoms with van der Waals surface area (Å²) in [5.41, 5.74) is 0. The molecule has 1 aliphatic heterocycles. The van der Waals surface area contributed by atoms with E-state index in [-0.39, 0.29) is 0 Å². The molecule has 0 amide bonds. The van der Waals surface area contributed by atoms with Gasteiger partial charge in [-0.05, 0) is 18.8 Å². The number of methoxy groups -OCH3 is 1. The first kappa shape index (κ1) is 17.9. The number of unbranched alkanes of at least 4 members (excludes halogenated alkanes) is 6. The van der Waals surface area contributed by atoms with Crippen molar-refractivity contribution in [1.29, 1.82) is 0 Å². The number of ether oxygens (including phenoxy) is 2. The Hall–Kier alpha value is -0.120. The van der Waals surface area contributed by atoms with Gasteiger partial charge in [-0.3, -0.25) is 0 Å². The highest BCUT2D eigenvalue weighted by molar-refractivity contribution is 4.78. The minimum Gasteiger partial charge on any atom is -0.383 e. The summed E-state index contributed by atoms with van der Waals surface area (Å²) in [6, 6.07) is 0. The molecule has 0 radical (unpaired) electrons. The van der Waals surface area contributed by atoms with Crippen molar-refractivity contribution in [2.24, 2.45) is 5.92 Å². The first-order valence-electron chi connectivity index (χ1n) is 8.69. The Morgan fingerprint density at radius 1 is 1.10 bits per heavy atom. The van der Waals surface area contributed by atoms with Crippen LogP contribution in [0.3, 0.4) is 0 Å². The molecule has 1 fully saturated rings. The van der Waals surface area contributed by atoms with Crippen LogP contribution in [-0.4, -0.2) is 39.5 Å². The second kappa shape index (κ2) is 12.6. The van der Waals surface area contributed by atoms with Gasteiger partial charge in [0.1, 0.15) is 0 Å². The lowest BCUT2D eigenvalue weighted by Gasteiger charge is -2.19. The van der Waals surface area contributed by atoms with Gasteiger partial charge < -0.3 is 14.8 Å². The summed E-state index contributed by atoms with van der Waals surface area (Å²) in [7, 11) is 1.75. The molecule has 0 saturated carbocycles. The predicted octanol–water partition coefficient (Wildman–Crippen LogP) is 3.77. The van der Waals surface area contributed by atoms with E-state index in [9.17, 15) is 0 Å². The molecule has 1 saturated heterocycles. The second-order valence-corrected chi connectivity index (χ2v) is 6.06. The zero-order valence-corrected chi connectivity index (χ0v) is 13.7. The van der Waals surface area contributed by atoms with Crippen LogP contribution in [0.4, 0.5) is 0 Å². The molecule has 0 aromatic heterocycles. The molecule has 0 aliphatic carbocycles.